The molecule has 0 aliphatic heterocycles. The summed E-state index contributed by atoms with van der Waals surface area (Å²) in [6.07, 6.45) is 2.55. The van der Waals surface area contributed by atoms with Gasteiger partial charge in [0.2, 0.25) is 0 Å². The predicted octanol–water partition coefficient (Wildman–Crippen LogP) is 4.43. The Morgan fingerprint density at radius 1 is 1.19 bits per heavy atom. The van der Waals surface area contributed by atoms with Gasteiger partial charge in [-0.2, -0.15) is 0 Å². The van der Waals surface area contributed by atoms with Crippen molar-refractivity contribution in [1.29, 1.82) is 0 Å². The molecule has 0 unspecified atom stereocenters. The highest BCUT2D eigenvalue weighted by atomic mass is 16.5. The molecular weight excluding hydrogens is 264 g/mol. The zero-order chi connectivity index (χ0) is 15.1. The van der Waals surface area contributed by atoms with E-state index >= 15 is 0 Å². The zero-order valence-corrected chi connectivity index (χ0v) is 12.4. The van der Waals surface area contributed by atoms with Gasteiger partial charge < -0.3 is 14.3 Å². The Bertz CT molecular complexity index is 531. The van der Waals surface area contributed by atoms with Crippen molar-refractivity contribution in [2.45, 2.75) is 32.0 Å². The summed E-state index contributed by atoms with van der Waals surface area (Å²) in [7, 11) is 0. The summed E-state index contributed by atoms with van der Waals surface area (Å²) in [5, 5.41) is 9.30. The molecule has 0 fully saturated rings. The Hall–Kier alpha value is -1.84. The van der Waals surface area contributed by atoms with Crippen molar-refractivity contribution in [3.63, 3.8) is 0 Å². The predicted molar refractivity (Wildman–Crippen MR) is 82.9 cm³/mol. The number of hydrogen-bond donors (Lipinski definition) is 1. The van der Waals surface area contributed by atoms with Crippen LogP contribution in [0.2, 0.25) is 0 Å². The Kier molecular flexibility index (Phi) is 5.78. The molecule has 0 radical (unpaired) electrons. The van der Waals surface area contributed by atoms with E-state index in [-0.39, 0.29) is 18.8 Å². The molecule has 0 aliphatic carbocycles. The van der Waals surface area contributed by atoms with Gasteiger partial charge in [-0.15, -0.1) is 6.58 Å². The van der Waals surface area contributed by atoms with Crippen LogP contribution in [-0.4, -0.2) is 11.7 Å². The molecule has 2 aromatic rings. The Labute approximate surface area is 125 Å². The van der Waals surface area contributed by atoms with E-state index in [1.54, 1.807) is 6.26 Å². The molecule has 1 heterocycles. The summed E-state index contributed by atoms with van der Waals surface area (Å²) in [5.74, 6) is 0.789. The molecule has 3 nitrogen and oxygen atoms in total. The monoisotopic (exact) mass is 286 g/mol. The molecule has 2 rings (SSSR count). The molecule has 0 saturated carbocycles. The molecule has 2 atom stereocenters. The highest BCUT2D eigenvalue weighted by Gasteiger charge is 2.21. The van der Waals surface area contributed by atoms with E-state index in [0.29, 0.717) is 12.8 Å². The van der Waals surface area contributed by atoms with Crippen LogP contribution in [0.3, 0.4) is 0 Å². The highest BCUT2D eigenvalue weighted by molar-refractivity contribution is 5.18. The van der Waals surface area contributed by atoms with Crippen LogP contribution in [0.1, 0.15) is 43.3 Å². The van der Waals surface area contributed by atoms with Crippen LogP contribution >= 0.6 is 0 Å². The normalized spacial score (nSPS) is 13.8. The molecule has 0 bridgehead atoms. The molecule has 112 valence electrons. The second kappa shape index (κ2) is 7.81. The summed E-state index contributed by atoms with van der Waals surface area (Å²) >= 11 is 0. The van der Waals surface area contributed by atoms with Gasteiger partial charge in [-0.05, 0) is 24.6 Å². The van der Waals surface area contributed by atoms with E-state index < -0.39 is 0 Å². The number of ether oxygens (including phenoxy) is 1. The SMILES string of the molecule is C=C(C)C[C@H](O[C@@H](CCO)c1ccccc1)c1ccco1. The quantitative estimate of drug-likeness (QED) is 0.730. The first-order valence-corrected chi connectivity index (χ1v) is 7.19. The fourth-order valence-electron chi connectivity index (χ4n) is 2.30. The van der Waals surface area contributed by atoms with Gasteiger partial charge in [0.25, 0.3) is 0 Å². The number of benzene rings is 1. The van der Waals surface area contributed by atoms with E-state index in [4.69, 9.17) is 9.15 Å². The second-order valence-electron chi connectivity index (χ2n) is 5.21. The van der Waals surface area contributed by atoms with Crippen LogP contribution in [0, 0.1) is 0 Å². The lowest BCUT2D eigenvalue weighted by atomic mass is 10.0. The first-order chi connectivity index (χ1) is 10.2. The number of aliphatic hydroxyl groups excluding tert-OH is 1. The second-order valence-corrected chi connectivity index (χ2v) is 5.21. The van der Waals surface area contributed by atoms with Gasteiger partial charge in [-0.3, -0.25) is 0 Å². The Morgan fingerprint density at radius 3 is 2.52 bits per heavy atom. The maximum absolute atomic E-state index is 9.30. The largest absolute Gasteiger partial charge is 0.467 e. The van der Waals surface area contributed by atoms with Gasteiger partial charge in [0.15, 0.2) is 0 Å². The third-order valence-corrected chi connectivity index (χ3v) is 3.29. The average Bonchev–Trinajstić information content (AvgIpc) is 3.00. The first kappa shape index (κ1) is 15.5. The van der Waals surface area contributed by atoms with Gasteiger partial charge in [0, 0.05) is 19.4 Å². The summed E-state index contributed by atoms with van der Waals surface area (Å²) < 4.78 is 11.7. The minimum Gasteiger partial charge on any atom is -0.467 e. The highest BCUT2D eigenvalue weighted by Crippen LogP contribution is 2.32. The van der Waals surface area contributed by atoms with E-state index in [9.17, 15) is 5.11 Å². The van der Waals surface area contributed by atoms with Crippen molar-refractivity contribution in [1.82, 2.24) is 0 Å². The number of rotatable bonds is 8. The smallest absolute Gasteiger partial charge is 0.132 e. The molecule has 21 heavy (non-hydrogen) atoms. The van der Waals surface area contributed by atoms with Gasteiger partial charge in [0.05, 0.1) is 12.4 Å². The van der Waals surface area contributed by atoms with E-state index in [2.05, 4.69) is 6.58 Å². The third-order valence-electron chi connectivity index (χ3n) is 3.29. The maximum Gasteiger partial charge on any atom is 0.132 e. The van der Waals surface area contributed by atoms with Crippen LogP contribution in [0.5, 0.6) is 0 Å². The Morgan fingerprint density at radius 2 is 1.95 bits per heavy atom. The molecule has 0 aliphatic rings. The van der Waals surface area contributed by atoms with Gasteiger partial charge in [0.1, 0.15) is 11.9 Å². The topological polar surface area (TPSA) is 42.6 Å². The Balaban J connectivity index is 2.17. The minimum absolute atomic E-state index is 0.0809. The summed E-state index contributed by atoms with van der Waals surface area (Å²) in [5.41, 5.74) is 2.09. The lowest BCUT2D eigenvalue weighted by Crippen LogP contribution is -2.12. The number of hydrogen-bond acceptors (Lipinski definition) is 3. The maximum atomic E-state index is 9.30. The van der Waals surface area contributed by atoms with E-state index in [1.807, 2.05) is 49.4 Å². The summed E-state index contributed by atoms with van der Waals surface area (Å²) in [6.45, 7) is 6.02. The van der Waals surface area contributed by atoms with E-state index in [1.165, 1.54) is 0 Å². The molecule has 1 aromatic heterocycles. The van der Waals surface area contributed by atoms with Crippen LogP contribution < -0.4 is 0 Å². The molecule has 0 spiro atoms. The van der Waals surface area contributed by atoms with E-state index in [0.717, 1.165) is 16.9 Å². The molecule has 3 heteroatoms. The van der Waals surface area contributed by atoms with Crippen molar-refractivity contribution in [2.24, 2.45) is 0 Å². The summed E-state index contributed by atoms with van der Waals surface area (Å²) in [4.78, 5) is 0. The van der Waals surface area contributed by atoms with Gasteiger partial charge >= 0.3 is 0 Å². The average molecular weight is 286 g/mol. The number of furan rings is 1. The van der Waals surface area contributed by atoms with Crippen molar-refractivity contribution in [3.8, 4) is 0 Å². The van der Waals surface area contributed by atoms with Crippen molar-refractivity contribution >= 4 is 0 Å². The third kappa shape index (κ3) is 4.59. The molecule has 1 aromatic carbocycles. The molecule has 0 saturated heterocycles. The molecule has 1 N–H and O–H groups in total. The van der Waals surface area contributed by atoms with Gasteiger partial charge in [-0.1, -0.05) is 35.9 Å². The molecular formula is C18H22O3. The fraction of sp³-hybridized carbons (Fsp3) is 0.333. The summed E-state index contributed by atoms with van der Waals surface area (Å²) in [6, 6.07) is 13.7. The zero-order valence-electron chi connectivity index (χ0n) is 12.4. The minimum atomic E-state index is -0.186. The van der Waals surface area contributed by atoms with Crippen LogP contribution in [-0.2, 0) is 4.74 Å². The molecule has 0 amide bonds. The lowest BCUT2D eigenvalue weighted by Gasteiger charge is -2.24. The first-order valence-electron chi connectivity index (χ1n) is 7.19. The van der Waals surface area contributed by atoms with Crippen LogP contribution in [0.15, 0.2) is 65.3 Å². The van der Waals surface area contributed by atoms with Crippen LogP contribution in [0.4, 0.5) is 0 Å². The standard InChI is InChI=1S/C18H22O3/c1-14(2)13-18(17-9-6-12-20-17)21-16(10-11-19)15-7-4-3-5-8-15/h3-9,12,16,18-19H,1,10-11,13H2,2H3/t16-,18-/m0/s1. The van der Waals surface area contributed by atoms with Crippen LogP contribution in [0.25, 0.3) is 0 Å². The van der Waals surface area contributed by atoms with Gasteiger partial charge in [-0.25, -0.2) is 0 Å². The van der Waals surface area contributed by atoms with Crippen molar-refractivity contribution < 1.29 is 14.3 Å². The lowest BCUT2D eigenvalue weighted by molar-refractivity contribution is -0.0360. The van der Waals surface area contributed by atoms with Crippen molar-refractivity contribution in [3.05, 3.63) is 72.2 Å². The number of aliphatic hydroxyl groups is 1. The van der Waals surface area contributed by atoms with Crippen molar-refractivity contribution in [2.75, 3.05) is 6.61 Å². The fourth-order valence-corrected chi connectivity index (χ4v) is 2.30.